The van der Waals surface area contributed by atoms with E-state index in [2.05, 4.69) is 15.0 Å². The second-order valence-electron chi connectivity index (χ2n) is 9.03. The molecule has 0 amide bonds. The predicted octanol–water partition coefficient (Wildman–Crippen LogP) is 2.83. The third kappa shape index (κ3) is 4.47. The molecule has 37 heavy (non-hydrogen) atoms. The molecule has 0 bridgehead atoms. The van der Waals surface area contributed by atoms with Crippen molar-refractivity contribution >= 4 is 37.5 Å². The van der Waals surface area contributed by atoms with Crippen molar-refractivity contribution in [2.45, 2.75) is 5.25 Å². The van der Waals surface area contributed by atoms with Crippen LogP contribution in [-0.2, 0) is 14.6 Å². The molecule has 0 aliphatic carbocycles. The zero-order chi connectivity index (χ0) is 25.6. The minimum absolute atomic E-state index is 0.0184. The lowest BCUT2D eigenvalue weighted by molar-refractivity contribution is 0.122. The Morgan fingerprint density at radius 2 is 1.81 bits per heavy atom. The van der Waals surface area contributed by atoms with Gasteiger partial charge < -0.3 is 19.6 Å². The molecule has 1 aliphatic heterocycles. The van der Waals surface area contributed by atoms with E-state index in [9.17, 15) is 13.2 Å². The summed E-state index contributed by atoms with van der Waals surface area (Å²) < 4.78 is 31.9. The maximum Gasteiger partial charge on any atom is 0.258 e. The number of fused-ring (bicyclic) bond motifs is 2. The first-order valence-corrected chi connectivity index (χ1v) is 13.8. The molecule has 2 N–H and O–H groups in total. The van der Waals surface area contributed by atoms with E-state index in [0.29, 0.717) is 48.8 Å². The number of sulfone groups is 1. The van der Waals surface area contributed by atoms with Crippen LogP contribution in [0.25, 0.3) is 33.2 Å². The average Bonchev–Trinajstić information content (AvgIpc) is 3.36. The van der Waals surface area contributed by atoms with E-state index >= 15 is 0 Å². The Bertz CT molecular complexity index is 1790. The summed E-state index contributed by atoms with van der Waals surface area (Å²) in [6, 6.07) is 16.2. The number of para-hydroxylation sites is 1. The van der Waals surface area contributed by atoms with Crippen LogP contribution in [-0.4, -0.2) is 65.9 Å². The number of benzene rings is 2. The van der Waals surface area contributed by atoms with E-state index < -0.39 is 20.6 Å². The summed E-state index contributed by atoms with van der Waals surface area (Å²) in [4.78, 5) is 34.8. The fraction of sp³-hybridized carbons (Fsp3) is 0.231. The van der Waals surface area contributed by atoms with Gasteiger partial charge in [-0.05, 0) is 36.4 Å². The first-order chi connectivity index (χ1) is 17.9. The van der Waals surface area contributed by atoms with Gasteiger partial charge in [0, 0.05) is 48.1 Å². The monoisotopic (exact) mass is 516 g/mol. The molecule has 5 aromatic rings. The summed E-state index contributed by atoms with van der Waals surface area (Å²) in [5.41, 5.74) is 1.96. The number of nitrogens with one attached hydrogen (secondary N) is 2. The number of rotatable bonds is 5. The summed E-state index contributed by atoms with van der Waals surface area (Å²) in [5.74, 6) is 0.998. The number of nitrogens with zero attached hydrogens (tertiary/aromatic N) is 4. The van der Waals surface area contributed by atoms with E-state index in [-0.39, 0.29) is 11.5 Å². The summed E-state index contributed by atoms with van der Waals surface area (Å²) in [7, 11) is -3.80. The van der Waals surface area contributed by atoms with Gasteiger partial charge in [0.25, 0.3) is 5.56 Å². The van der Waals surface area contributed by atoms with Crippen LogP contribution < -0.4 is 10.5 Å². The van der Waals surface area contributed by atoms with Gasteiger partial charge in [-0.15, -0.1) is 0 Å². The average molecular weight is 517 g/mol. The number of ether oxygens (including phenoxy) is 1. The highest BCUT2D eigenvalue weighted by atomic mass is 32.2. The van der Waals surface area contributed by atoms with Crippen LogP contribution in [0.15, 0.2) is 65.6 Å². The van der Waals surface area contributed by atoms with Crippen LogP contribution >= 0.6 is 0 Å². The van der Waals surface area contributed by atoms with Crippen molar-refractivity contribution in [2.75, 3.05) is 37.5 Å². The number of anilines is 1. The van der Waals surface area contributed by atoms with Crippen molar-refractivity contribution in [3.8, 4) is 11.4 Å². The zero-order valence-corrected chi connectivity index (χ0v) is 20.8. The summed E-state index contributed by atoms with van der Waals surface area (Å²) >= 11 is 0. The van der Waals surface area contributed by atoms with Crippen molar-refractivity contribution in [1.29, 1.82) is 0 Å². The van der Waals surface area contributed by atoms with Crippen molar-refractivity contribution in [1.82, 2.24) is 24.9 Å². The summed E-state index contributed by atoms with van der Waals surface area (Å²) in [6.07, 6.45) is 2.97. The Hall–Kier alpha value is -4.09. The molecule has 11 heteroatoms. The molecule has 2 aromatic carbocycles. The molecule has 3 aromatic heterocycles. The summed E-state index contributed by atoms with van der Waals surface area (Å²) in [5, 5.41) is 0.0811. The molecular formula is C26H24N6O4S. The Morgan fingerprint density at radius 1 is 1.00 bits per heavy atom. The van der Waals surface area contributed by atoms with E-state index in [1.165, 1.54) is 0 Å². The van der Waals surface area contributed by atoms with Crippen LogP contribution in [0.1, 0.15) is 16.8 Å². The van der Waals surface area contributed by atoms with E-state index in [1.807, 2.05) is 35.4 Å². The fourth-order valence-electron chi connectivity index (χ4n) is 4.65. The van der Waals surface area contributed by atoms with Crippen LogP contribution in [0.4, 0.5) is 5.82 Å². The molecule has 1 aliphatic rings. The fourth-order valence-corrected chi connectivity index (χ4v) is 5.73. The lowest BCUT2D eigenvalue weighted by Gasteiger charge is -2.28. The predicted molar refractivity (Wildman–Crippen MR) is 141 cm³/mol. The molecule has 188 valence electrons. The standard InChI is InChI=1S/C26H24N6O4S/c1-37(34,35)23(25-28-20-5-3-2-4-18(20)26(33)31-25)21-15-22(32-10-12-36-13-11-32)30-24(29-21)17-6-7-19-16(14-17)8-9-27-19/h2-9,14-15,23,27H,10-13H2,1H3,(H,28,31,33). The number of morpholine rings is 1. The highest BCUT2D eigenvalue weighted by Crippen LogP contribution is 2.31. The first-order valence-electron chi connectivity index (χ1n) is 11.8. The van der Waals surface area contributed by atoms with E-state index in [4.69, 9.17) is 14.7 Å². The Morgan fingerprint density at radius 3 is 2.62 bits per heavy atom. The Balaban J connectivity index is 1.56. The minimum Gasteiger partial charge on any atom is -0.378 e. The molecule has 0 saturated carbocycles. The Kier molecular flexibility index (Phi) is 5.73. The molecule has 0 spiro atoms. The Labute approximate surface area is 212 Å². The maximum absolute atomic E-state index is 13.2. The number of aromatic nitrogens is 5. The topological polar surface area (TPSA) is 134 Å². The quantitative estimate of drug-likeness (QED) is 0.364. The number of aromatic amines is 2. The molecule has 10 nitrogen and oxygen atoms in total. The van der Waals surface area contributed by atoms with Gasteiger partial charge in [-0.25, -0.2) is 23.4 Å². The van der Waals surface area contributed by atoms with Crippen LogP contribution in [0.2, 0.25) is 0 Å². The molecule has 1 saturated heterocycles. The summed E-state index contributed by atoms with van der Waals surface area (Å²) in [6.45, 7) is 2.31. The van der Waals surface area contributed by atoms with E-state index in [0.717, 1.165) is 22.7 Å². The van der Waals surface area contributed by atoms with Crippen LogP contribution in [0, 0.1) is 0 Å². The first kappa shape index (κ1) is 23.3. The number of H-pyrrole nitrogens is 2. The van der Waals surface area contributed by atoms with Gasteiger partial charge in [0.15, 0.2) is 20.9 Å². The van der Waals surface area contributed by atoms with Crippen molar-refractivity contribution < 1.29 is 13.2 Å². The minimum atomic E-state index is -3.80. The third-order valence-electron chi connectivity index (χ3n) is 6.46. The van der Waals surface area contributed by atoms with Gasteiger partial charge in [-0.2, -0.15) is 0 Å². The van der Waals surface area contributed by atoms with Crippen LogP contribution in [0.3, 0.4) is 0 Å². The van der Waals surface area contributed by atoms with Gasteiger partial charge in [0.1, 0.15) is 11.6 Å². The molecule has 1 fully saturated rings. The van der Waals surface area contributed by atoms with Gasteiger partial charge >= 0.3 is 0 Å². The van der Waals surface area contributed by atoms with Gasteiger partial charge in [-0.3, -0.25) is 4.79 Å². The smallest absolute Gasteiger partial charge is 0.258 e. The zero-order valence-electron chi connectivity index (χ0n) is 20.0. The highest BCUT2D eigenvalue weighted by molar-refractivity contribution is 7.91. The van der Waals surface area contributed by atoms with Gasteiger partial charge in [-0.1, -0.05) is 12.1 Å². The lowest BCUT2D eigenvalue weighted by Crippen LogP contribution is -2.37. The van der Waals surface area contributed by atoms with E-state index in [1.54, 1.807) is 30.3 Å². The molecule has 1 atom stereocenters. The largest absolute Gasteiger partial charge is 0.378 e. The SMILES string of the molecule is CS(=O)(=O)C(c1cc(N2CCOCC2)nc(-c2ccc3[nH]ccc3c2)n1)c1nc2ccccc2c(=O)[nH]1. The molecular weight excluding hydrogens is 492 g/mol. The highest BCUT2D eigenvalue weighted by Gasteiger charge is 2.31. The second kappa shape index (κ2) is 9.09. The molecule has 4 heterocycles. The van der Waals surface area contributed by atoms with Crippen LogP contribution in [0.5, 0.6) is 0 Å². The maximum atomic E-state index is 13.2. The number of hydrogen-bond acceptors (Lipinski definition) is 8. The molecule has 1 unspecified atom stereocenters. The molecule has 0 radical (unpaired) electrons. The molecule has 6 rings (SSSR count). The van der Waals surface area contributed by atoms with Gasteiger partial charge in [0.2, 0.25) is 0 Å². The van der Waals surface area contributed by atoms with Gasteiger partial charge in [0.05, 0.1) is 29.8 Å². The van der Waals surface area contributed by atoms with Crippen molar-refractivity contribution in [3.63, 3.8) is 0 Å². The lowest BCUT2D eigenvalue weighted by atomic mass is 10.1. The third-order valence-corrected chi connectivity index (χ3v) is 7.78. The second-order valence-corrected chi connectivity index (χ2v) is 11.2. The van der Waals surface area contributed by atoms with Crippen molar-refractivity contribution in [3.05, 3.63) is 82.7 Å². The number of hydrogen-bond donors (Lipinski definition) is 2. The normalized spacial score (nSPS) is 15.3. The van der Waals surface area contributed by atoms with Crippen molar-refractivity contribution in [2.24, 2.45) is 0 Å².